The predicted molar refractivity (Wildman–Crippen MR) is 110 cm³/mol. The van der Waals surface area contributed by atoms with Gasteiger partial charge in [0.1, 0.15) is 0 Å². The fourth-order valence-corrected chi connectivity index (χ4v) is 3.70. The fourth-order valence-electron chi connectivity index (χ4n) is 3.51. The first-order chi connectivity index (χ1) is 12.7. The van der Waals surface area contributed by atoms with Crippen LogP contribution in [0.1, 0.15) is 56.1 Å². The van der Waals surface area contributed by atoms with E-state index < -0.39 is 0 Å². The van der Waals surface area contributed by atoms with Crippen LogP contribution in [0.25, 0.3) is 11.6 Å². The Morgan fingerprint density at radius 3 is 2.19 bits per heavy atom. The monoisotopic (exact) mass is 367 g/mol. The van der Waals surface area contributed by atoms with E-state index in [9.17, 15) is 4.79 Å². The molecule has 0 radical (unpaired) electrons. The number of rotatable bonds is 4. The van der Waals surface area contributed by atoms with Crippen molar-refractivity contribution in [3.8, 4) is 0 Å². The Morgan fingerprint density at radius 2 is 1.50 bits per heavy atom. The van der Waals surface area contributed by atoms with Crippen LogP contribution in [0.5, 0.6) is 0 Å². The zero-order valence-corrected chi connectivity index (χ0v) is 15.8. The van der Waals surface area contributed by atoms with Gasteiger partial charge in [-0.25, -0.2) is 0 Å². The molecular formula is C23H26ClNO. The largest absolute Gasteiger partial charge is 0.349 e. The van der Waals surface area contributed by atoms with Gasteiger partial charge in [0.15, 0.2) is 0 Å². The van der Waals surface area contributed by atoms with Gasteiger partial charge >= 0.3 is 0 Å². The van der Waals surface area contributed by atoms with Crippen molar-refractivity contribution in [2.75, 3.05) is 0 Å². The highest BCUT2D eigenvalue weighted by atomic mass is 35.5. The molecule has 0 aromatic heterocycles. The summed E-state index contributed by atoms with van der Waals surface area (Å²) in [5.41, 5.74) is 2.44. The number of benzene rings is 2. The highest BCUT2D eigenvalue weighted by molar-refractivity contribution is 6.33. The minimum Gasteiger partial charge on any atom is -0.349 e. The summed E-state index contributed by atoms with van der Waals surface area (Å²) in [5, 5.41) is 3.93. The molecule has 1 saturated carbocycles. The van der Waals surface area contributed by atoms with E-state index in [0.717, 1.165) is 24.0 Å². The third-order valence-electron chi connectivity index (χ3n) is 4.97. The summed E-state index contributed by atoms with van der Waals surface area (Å²) < 4.78 is 0. The lowest BCUT2D eigenvalue weighted by Gasteiger charge is -2.22. The third kappa shape index (κ3) is 5.22. The molecule has 0 unspecified atom stereocenters. The second-order valence-electron chi connectivity index (χ2n) is 6.96. The molecule has 1 N–H and O–H groups in total. The second kappa shape index (κ2) is 9.59. The standard InChI is InChI=1S/C23H26ClNO/c24-22-16-10-9-13-19(22)17-21(18-11-5-4-6-12-18)23(26)25-20-14-7-2-1-3-8-15-20/h4-6,9-13,16-17,20H,1-3,7-8,14-15H2,(H,25,26)/b21-17+. The second-order valence-corrected chi connectivity index (χ2v) is 7.37. The summed E-state index contributed by atoms with van der Waals surface area (Å²) >= 11 is 6.32. The van der Waals surface area contributed by atoms with Crippen LogP contribution in [0.2, 0.25) is 5.02 Å². The van der Waals surface area contributed by atoms with Crippen LogP contribution in [-0.4, -0.2) is 11.9 Å². The van der Waals surface area contributed by atoms with Crippen molar-refractivity contribution >= 4 is 29.2 Å². The van der Waals surface area contributed by atoms with Gasteiger partial charge in [-0.1, -0.05) is 92.2 Å². The van der Waals surface area contributed by atoms with E-state index >= 15 is 0 Å². The van der Waals surface area contributed by atoms with Crippen molar-refractivity contribution < 1.29 is 4.79 Å². The molecule has 1 fully saturated rings. The lowest BCUT2D eigenvalue weighted by Crippen LogP contribution is -2.35. The third-order valence-corrected chi connectivity index (χ3v) is 5.32. The van der Waals surface area contributed by atoms with Gasteiger partial charge in [-0.15, -0.1) is 0 Å². The molecule has 0 aliphatic heterocycles. The molecule has 1 amide bonds. The lowest BCUT2D eigenvalue weighted by atomic mass is 9.95. The van der Waals surface area contributed by atoms with E-state index in [-0.39, 0.29) is 11.9 Å². The maximum atomic E-state index is 13.1. The van der Waals surface area contributed by atoms with Gasteiger partial charge in [0, 0.05) is 16.6 Å². The van der Waals surface area contributed by atoms with Gasteiger partial charge in [0.05, 0.1) is 0 Å². The van der Waals surface area contributed by atoms with Crippen LogP contribution in [-0.2, 0) is 4.79 Å². The molecule has 3 rings (SSSR count). The van der Waals surface area contributed by atoms with Crippen molar-refractivity contribution in [1.29, 1.82) is 0 Å². The number of carbonyl (C=O) groups is 1. The summed E-state index contributed by atoms with van der Waals surface area (Å²) in [6.45, 7) is 0. The molecule has 2 nitrogen and oxygen atoms in total. The van der Waals surface area contributed by atoms with E-state index in [4.69, 9.17) is 11.6 Å². The molecule has 0 atom stereocenters. The average Bonchev–Trinajstić information content (AvgIpc) is 2.64. The summed E-state index contributed by atoms with van der Waals surface area (Å²) in [6.07, 6.45) is 10.3. The average molecular weight is 368 g/mol. The number of halogens is 1. The SMILES string of the molecule is O=C(NC1CCCCCCC1)/C(=C/c1ccccc1Cl)c1ccccc1. The van der Waals surface area contributed by atoms with Gasteiger partial charge in [-0.05, 0) is 36.1 Å². The lowest BCUT2D eigenvalue weighted by molar-refractivity contribution is -0.116. The van der Waals surface area contributed by atoms with E-state index in [1.807, 2.05) is 60.7 Å². The Bertz CT molecular complexity index is 746. The first-order valence-corrected chi connectivity index (χ1v) is 9.94. The van der Waals surface area contributed by atoms with Crippen LogP contribution >= 0.6 is 11.6 Å². The van der Waals surface area contributed by atoms with Crippen molar-refractivity contribution in [3.63, 3.8) is 0 Å². The van der Waals surface area contributed by atoms with Crippen molar-refractivity contribution in [2.45, 2.75) is 51.0 Å². The van der Waals surface area contributed by atoms with Gasteiger partial charge in [-0.2, -0.15) is 0 Å². The first kappa shape index (κ1) is 18.7. The van der Waals surface area contributed by atoms with E-state index in [1.165, 1.54) is 32.1 Å². The summed E-state index contributed by atoms with van der Waals surface area (Å²) in [4.78, 5) is 13.1. The van der Waals surface area contributed by atoms with Crippen molar-refractivity contribution in [1.82, 2.24) is 5.32 Å². The molecule has 0 bridgehead atoms. The molecule has 3 heteroatoms. The molecule has 0 spiro atoms. The Hall–Kier alpha value is -2.06. The fraction of sp³-hybridized carbons (Fsp3) is 0.348. The minimum absolute atomic E-state index is 0.0123. The normalized spacial score (nSPS) is 16.6. The van der Waals surface area contributed by atoms with E-state index in [1.54, 1.807) is 0 Å². The van der Waals surface area contributed by atoms with Gasteiger partial charge < -0.3 is 5.32 Å². The molecule has 0 saturated heterocycles. The van der Waals surface area contributed by atoms with Crippen LogP contribution in [0.3, 0.4) is 0 Å². The Balaban J connectivity index is 1.85. The van der Waals surface area contributed by atoms with E-state index in [2.05, 4.69) is 5.32 Å². The summed E-state index contributed by atoms with van der Waals surface area (Å²) in [7, 11) is 0. The zero-order chi connectivity index (χ0) is 18.2. The maximum absolute atomic E-state index is 13.1. The molecule has 2 aromatic rings. The van der Waals surface area contributed by atoms with Crippen LogP contribution < -0.4 is 5.32 Å². The topological polar surface area (TPSA) is 29.1 Å². The molecular weight excluding hydrogens is 342 g/mol. The molecule has 1 aliphatic carbocycles. The highest BCUT2D eigenvalue weighted by Crippen LogP contribution is 2.24. The number of hydrogen-bond donors (Lipinski definition) is 1. The molecule has 26 heavy (non-hydrogen) atoms. The minimum atomic E-state index is -0.0123. The van der Waals surface area contributed by atoms with Crippen LogP contribution in [0.4, 0.5) is 0 Å². The van der Waals surface area contributed by atoms with Crippen molar-refractivity contribution in [3.05, 3.63) is 70.7 Å². The Labute approximate surface area is 161 Å². The number of nitrogens with one attached hydrogen (secondary N) is 1. The van der Waals surface area contributed by atoms with Gasteiger partial charge in [0.25, 0.3) is 5.91 Å². The highest BCUT2D eigenvalue weighted by Gasteiger charge is 2.18. The molecule has 1 aliphatic rings. The van der Waals surface area contributed by atoms with Gasteiger partial charge in [0.2, 0.25) is 0 Å². The van der Waals surface area contributed by atoms with Crippen molar-refractivity contribution in [2.24, 2.45) is 0 Å². The number of carbonyl (C=O) groups excluding carboxylic acids is 1. The number of amides is 1. The predicted octanol–water partition coefficient (Wildman–Crippen LogP) is 6.11. The zero-order valence-electron chi connectivity index (χ0n) is 15.1. The molecule has 2 aromatic carbocycles. The molecule has 0 heterocycles. The maximum Gasteiger partial charge on any atom is 0.252 e. The first-order valence-electron chi connectivity index (χ1n) is 9.56. The Morgan fingerprint density at radius 1 is 0.885 bits per heavy atom. The van der Waals surface area contributed by atoms with E-state index in [0.29, 0.717) is 10.6 Å². The van der Waals surface area contributed by atoms with Gasteiger partial charge in [-0.3, -0.25) is 4.79 Å². The molecule has 136 valence electrons. The summed E-state index contributed by atoms with van der Waals surface area (Å²) in [5.74, 6) is -0.0123. The van der Waals surface area contributed by atoms with Crippen LogP contribution in [0, 0.1) is 0 Å². The summed E-state index contributed by atoms with van der Waals surface area (Å²) in [6, 6.07) is 17.7. The Kier molecular flexibility index (Phi) is 6.90. The number of hydrogen-bond acceptors (Lipinski definition) is 1. The quantitative estimate of drug-likeness (QED) is 0.512. The van der Waals surface area contributed by atoms with Crippen LogP contribution in [0.15, 0.2) is 54.6 Å². The smallest absolute Gasteiger partial charge is 0.252 e.